The Morgan fingerprint density at radius 2 is 1.86 bits per heavy atom. The third-order valence-corrected chi connectivity index (χ3v) is 3.24. The van der Waals surface area contributed by atoms with Gasteiger partial charge in [0.2, 0.25) is 5.91 Å². The zero-order chi connectivity index (χ0) is 9.26. The summed E-state index contributed by atoms with van der Waals surface area (Å²) >= 11 is 0. The molecule has 2 rings (SSSR count). The van der Waals surface area contributed by atoms with E-state index < -0.39 is 0 Å². The number of carbonyl (C=O) groups is 1. The fourth-order valence-corrected chi connectivity index (χ4v) is 2.42. The predicted molar refractivity (Wildman–Crippen MR) is 58.4 cm³/mol. The van der Waals surface area contributed by atoms with Gasteiger partial charge < -0.3 is 10.6 Å². The van der Waals surface area contributed by atoms with Crippen molar-refractivity contribution in [3.63, 3.8) is 0 Å². The summed E-state index contributed by atoms with van der Waals surface area (Å²) in [4.78, 5) is 13.8. The smallest absolute Gasteiger partial charge is 0.225 e. The van der Waals surface area contributed by atoms with Crippen LogP contribution in [0, 0.1) is 5.92 Å². The Morgan fingerprint density at radius 1 is 1.21 bits per heavy atom. The van der Waals surface area contributed by atoms with Gasteiger partial charge in [0.15, 0.2) is 0 Å². The Hall–Kier alpha value is -0.280. The lowest BCUT2D eigenvalue weighted by Gasteiger charge is -2.19. The molecule has 0 spiro atoms. The zero-order valence-corrected chi connectivity index (χ0v) is 9.26. The van der Waals surface area contributed by atoms with Crippen LogP contribution in [0.4, 0.5) is 0 Å². The first-order chi connectivity index (χ1) is 6.27. The average Bonchev–Trinajstić information content (AvgIpc) is 2.72. The van der Waals surface area contributed by atoms with Crippen molar-refractivity contribution in [1.82, 2.24) is 4.90 Å². The molecule has 0 aromatic heterocycles. The highest BCUT2D eigenvalue weighted by molar-refractivity contribution is 5.85. The van der Waals surface area contributed by atoms with Gasteiger partial charge in [0, 0.05) is 25.0 Å². The average molecular weight is 219 g/mol. The van der Waals surface area contributed by atoms with Crippen molar-refractivity contribution in [1.29, 1.82) is 0 Å². The predicted octanol–water partition coefficient (Wildman–Crippen LogP) is 1.16. The summed E-state index contributed by atoms with van der Waals surface area (Å²) in [6, 6.07) is 0.227. The minimum absolute atomic E-state index is 0. The molecule has 4 heteroatoms. The minimum atomic E-state index is 0. The van der Waals surface area contributed by atoms with Gasteiger partial charge >= 0.3 is 0 Å². The van der Waals surface area contributed by atoms with E-state index in [4.69, 9.17) is 5.73 Å². The van der Waals surface area contributed by atoms with E-state index in [2.05, 4.69) is 0 Å². The molecule has 0 aromatic carbocycles. The number of likely N-dealkylation sites (tertiary alicyclic amines) is 1. The number of nitrogens with zero attached hydrogens (tertiary/aromatic N) is 1. The van der Waals surface area contributed by atoms with E-state index in [0.717, 1.165) is 32.4 Å². The molecule has 0 unspecified atom stereocenters. The van der Waals surface area contributed by atoms with Crippen molar-refractivity contribution in [3.05, 3.63) is 0 Å². The van der Waals surface area contributed by atoms with E-state index in [0.29, 0.717) is 11.8 Å². The quantitative estimate of drug-likeness (QED) is 0.718. The van der Waals surface area contributed by atoms with E-state index in [-0.39, 0.29) is 18.4 Å². The standard InChI is InChI=1S/C10H18N2O.ClH/c11-9-5-6-12(7-9)10(13)8-3-1-2-4-8;/h8-9H,1-7,11H2;1H/t9-;/m1./s1. The van der Waals surface area contributed by atoms with Crippen molar-refractivity contribution in [2.24, 2.45) is 11.7 Å². The van der Waals surface area contributed by atoms with Gasteiger partial charge in [-0.25, -0.2) is 0 Å². The fraction of sp³-hybridized carbons (Fsp3) is 0.900. The van der Waals surface area contributed by atoms with E-state index in [1.54, 1.807) is 0 Å². The van der Waals surface area contributed by atoms with Gasteiger partial charge in [0.25, 0.3) is 0 Å². The summed E-state index contributed by atoms with van der Waals surface area (Å²) in [5.74, 6) is 0.691. The molecule has 1 saturated heterocycles. The number of hydrogen-bond donors (Lipinski definition) is 1. The van der Waals surface area contributed by atoms with Crippen molar-refractivity contribution < 1.29 is 4.79 Å². The number of carbonyl (C=O) groups excluding carboxylic acids is 1. The molecule has 2 N–H and O–H groups in total. The van der Waals surface area contributed by atoms with Crippen molar-refractivity contribution in [2.75, 3.05) is 13.1 Å². The fourth-order valence-electron chi connectivity index (χ4n) is 2.42. The molecule has 1 amide bonds. The Morgan fingerprint density at radius 3 is 2.36 bits per heavy atom. The maximum Gasteiger partial charge on any atom is 0.225 e. The molecule has 0 radical (unpaired) electrons. The molecule has 1 aliphatic heterocycles. The molecule has 14 heavy (non-hydrogen) atoms. The number of amides is 1. The molecule has 1 saturated carbocycles. The SMILES string of the molecule is Cl.N[C@@H]1CCN(C(=O)C2CCCC2)C1. The van der Waals surface area contributed by atoms with Gasteiger partial charge in [-0.2, -0.15) is 0 Å². The first-order valence-corrected chi connectivity index (χ1v) is 5.32. The molecular formula is C10H19ClN2O. The molecule has 2 fully saturated rings. The van der Waals surface area contributed by atoms with Gasteiger partial charge in [-0.15, -0.1) is 12.4 Å². The Labute approximate surface area is 91.4 Å². The maximum absolute atomic E-state index is 11.9. The van der Waals surface area contributed by atoms with Crippen molar-refractivity contribution in [3.8, 4) is 0 Å². The first kappa shape index (κ1) is 11.8. The molecule has 1 aliphatic carbocycles. The Balaban J connectivity index is 0.000000980. The largest absolute Gasteiger partial charge is 0.341 e. The van der Waals surface area contributed by atoms with Gasteiger partial charge in [0.1, 0.15) is 0 Å². The lowest BCUT2D eigenvalue weighted by Crippen LogP contribution is -2.35. The second kappa shape index (κ2) is 4.99. The van der Waals surface area contributed by atoms with Gasteiger partial charge in [0.05, 0.1) is 0 Å². The van der Waals surface area contributed by atoms with E-state index >= 15 is 0 Å². The van der Waals surface area contributed by atoms with Crippen LogP contribution in [0.1, 0.15) is 32.1 Å². The summed E-state index contributed by atoms with van der Waals surface area (Å²) in [7, 11) is 0. The van der Waals surface area contributed by atoms with Crippen LogP contribution in [0.3, 0.4) is 0 Å². The van der Waals surface area contributed by atoms with E-state index in [1.165, 1.54) is 12.8 Å². The highest BCUT2D eigenvalue weighted by Crippen LogP contribution is 2.27. The first-order valence-electron chi connectivity index (χ1n) is 5.32. The van der Waals surface area contributed by atoms with E-state index in [9.17, 15) is 4.79 Å². The molecule has 82 valence electrons. The van der Waals surface area contributed by atoms with Crippen LogP contribution in [-0.4, -0.2) is 29.9 Å². The van der Waals surface area contributed by atoms with Crippen LogP contribution in [0.15, 0.2) is 0 Å². The van der Waals surface area contributed by atoms with Crippen LogP contribution in [0.2, 0.25) is 0 Å². The maximum atomic E-state index is 11.9. The van der Waals surface area contributed by atoms with Gasteiger partial charge in [-0.1, -0.05) is 12.8 Å². The second-order valence-corrected chi connectivity index (χ2v) is 4.31. The van der Waals surface area contributed by atoms with Gasteiger partial charge in [-0.3, -0.25) is 4.79 Å². The summed E-state index contributed by atoms with van der Waals surface area (Å²) in [6.07, 6.45) is 5.65. The molecular weight excluding hydrogens is 200 g/mol. The van der Waals surface area contributed by atoms with Crippen LogP contribution < -0.4 is 5.73 Å². The summed E-state index contributed by atoms with van der Waals surface area (Å²) in [5.41, 5.74) is 5.77. The molecule has 1 heterocycles. The topological polar surface area (TPSA) is 46.3 Å². The molecule has 3 nitrogen and oxygen atoms in total. The number of halogens is 1. The van der Waals surface area contributed by atoms with Crippen LogP contribution in [0.25, 0.3) is 0 Å². The zero-order valence-electron chi connectivity index (χ0n) is 8.45. The molecule has 2 aliphatic rings. The number of hydrogen-bond acceptors (Lipinski definition) is 2. The molecule has 0 bridgehead atoms. The number of nitrogens with two attached hydrogens (primary N) is 1. The van der Waals surface area contributed by atoms with Gasteiger partial charge in [-0.05, 0) is 19.3 Å². The summed E-state index contributed by atoms with van der Waals surface area (Å²) in [6.45, 7) is 1.67. The minimum Gasteiger partial charge on any atom is -0.341 e. The summed E-state index contributed by atoms with van der Waals surface area (Å²) < 4.78 is 0. The monoisotopic (exact) mass is 218 g/mol. The third-order valence-electron chi connectivity index (χ3n) is 3.24. The Bertz CT molecular complexity index is 204. The summed E-state index contributed by atoms with van der Waals surface area (Å²) in [5, 5.41) is 0. The lowest BCUT2D eigenvalue weighted by atomic mass is 10.1. The highest BCUT2D eigenvalue weighted by atomic mass is 35.5. The Kier molecular flexibility index (Phi) is 4.20. The molecule has 1 atom stereocenters. The normalized spacial score (nSPS) is 27.8. The molecule has 0 aromatic rings. The second-order valence-electron chi connectivity index (χ2n) is 4.31. The highest BCUT2D eigenvalue weighted by Gasteiger charge is 2.30. The van der Waals surface area contributed by atoms with Crippen LogP contribution in [0.5, 0.6) is 0 Å². The van der Waals surface area contributed by atoms with Crippen molar-refractivity contribution in [2.45, 2.75) is 38.1 Å². The lowest BCUT2D eigenvalue weighted by molar-refractivity contribution is -0.134. The van der Waals surface area contributed by atoms with Crippen molar-refractivity contribution >= 4 is 18.3 Å². The third kappa shape index (κ3) is 2.39. The van der Waals surface area contributed by atoms with E-state index in [1.807, 2.05) is 4.90 Å². The van der Waals surface area contributed by atoms with Crippen LogP contribution in [-0.2, 0) is 4.79 Å². The number of rotatable bonds is 1. The van der Waals surface area contributed by atoms with Crippen LogP contribution >= 0.6 is 12.4 Å².